The maximum atomic E-state index is 14.7. The van der Waals surface area contributed by atoms with Crippen molar-refractivity contribution in [3.8, 4) is 0 Å². The van der Waals surface area contributed by atoms with Crippen molar-refractivity contribution < 1.29 is 23.9 Å². The Morgan fingerprint density at radius 2 is 1.74 bits per heavy atom. The number of carboxylic acid groups (broad SMARTS) is 1. The second-order valence-corrected chi connectivity index (χ2v) is 6.21. The van der Waals surface area contributed by atoms with Crippen LogP contribution in [0.25, 0.3) is 0 Å². The molecule has 1 heterocycles. The molecular formula is C19H12ClFN2O4. The summed E-state index contributed by atoms with van der Waals surface area (Å²) >= 11 is 5.77. The molecule has 0 unspecified atom stereocenters. The van der Waals surface area contributed by atoms with Crippen molar-refractivity contribution in [1.29, 1.82) is 0 Å². The zero-order chi connectivity index (χ0) is 19.7. The summed E-state index contributed by atoms with van der Waals surface area (Å²) in [4.78, 5) is 40.5. The number of rotatable bonds is 5. The van der Waals surface area contributed by atoms with E-state index in [-0.39, 0.29) is 16.8 Å². The molecule has 3 aromatic rings. The van der Waals surface area contributed by atoms with Gasteiger partial charge in [0.2, 0.25) is 5.78 Å². The van der Waals surface area contributed by atoms with E-state index in [0.29, 0.717) is 5.02 Å². The van der Waals surface area contributed by atoms with Crippen LogP contribution in [0.1, 0.15) is 42.3 Å². The number of aryl methyl sites for hydroxylation is 1. The third-order valence-corrected chi connectivity index (χ3v) is 4.11. The molecule has 0 aliphatic rings. The number of carboxylic acids is 1. The fourth-order valence-corrected chi connectivity index (χ4v) is 2.69. The first kappa shape index (κ1) is 18.5. The highest BCUT2D eigenvalue weighted by Crippen LogP contribution is 2.23. The molecule has 27 heavy (non-hydrogen) atoms. The van der Waals surface area contributed by atoms with Gasteiger partial charge in [-0.25, -0.2) is 14.2 Å². The molecule has 6 nitrogen and oxygen atoms in total. The lowest BCUT2D eigenvalue weighted by molar-refractivity contribution is 0.0692. The smallest absolute Gasteiger partial charge is 0.336 e. The molecule has 136 valence electrons. The van der Waals surface area contributed by atoms with Gasteiger partial charge in [-0.1, -0.05) is 11.6 Å². The molecule has 1 N–H and O–H groups in total. The van der Waals surface area contributed by atoms with Crippen LogP contribution in [0, 0.1) is 5.82 Å². The molecule has 0 saturated heterocycles. The number of imidazole rings is 1. The minimum absolute atomic E-state index is 0.0324. The first-order chi connectivity index (χ1) is 12.8. The SMILES string of the molecule is Cn1cnc(C(=O)c2cc(F)c(C(=O)c3ccc(Cl)cc3)c(C(=O)O)c2)c1. The number of hydrogen-bond acceptors (Lipinski definition) is 4. The van der Waals surface area contributed by atoms with Gasteiger partial charge >= 0.3 is 5.97 Å². The first-order valence-corrected chi connectivity index (χ1v) is 8.05. The van der Waals surface area contributed by atoms with Crippen LogP contribution in [0.5, 0.6) is 0 Å². The molecule has 0 aliphatic heterocycles. The fourth-order valence-electron chi connectivity index (χ4n) is 2.56. The number of hydrogen-bond donors (Lipinski definition) is 1. The Morgan fingerprint density at radius 3 is 2.30 bits per heavy atom. The van der Waals surface area contributed by atoms with Crippen LogP contribution in [0.2, 0.25) is 5.02 Å². The fraction of sp³-hybridized carbons (Fsp3) is 0.0526. The van der Waals surface area contributed by atoms with E-state index in [4.69, 9.17) is 11.6 Å². The monoisotopic (exact) mass is 386 g/mol. The highest BCUT2D eigenvalue weighted by Gasteiger charge is 2.26. The van der Waals surface area contributed by atoms with E-state index in [1.807, 2.05) is 0 Å². The number of aromatic nitrogens is 2. The predicted octanol–water partition coefficient (Wildman–Crippen LogP) is 3.37. The molecule has 3 rings (SSSR count). The van der Waals surface area contributed by atoms with E-state index in [1.165, 1.54) is 41.4 Å². The van der Waals surface area contributed by atoms with E-state index >= 15 is 0 Å². The summed E-state index contributed by atoms with van der Waals surface area (Å²) < 4.78 is 16.2. The summed E-state index contributed by atoms with van der Waals surface area (Å²) in [5.74, 6) is -4.10. The van der Waals surface area contributed by atoms with Gasteiger partial charge in [-0.3, -0.25) is 9.59 Å². The summed E-state index contributed by atoms with van der Waals surface area (Å²) in [6.45, 7) is 0. The number of carbonyl (C=O) groups excluding carboxylic acids is 2. The van der Waals surface area contributed by atoms with Gasteiger partial charge in [0.05, 0.1) is 17.5 Å². The zero-order valence-electron chi connectivity index (χ0n) is 13.9. The third-order valence-electron chi connectivity index (χ3n) is 3.85. The largest absolute Gasteiger partial charge is 0.478 e. The molecule has 1 aromatic heterocycles. The predicted molar refractivity (Wildman–Crippen MR) is 94.9 cm³/mol. The van der Waals surface area contributed by atoms with E-state index < -0.39 is 34.5 Å². The Balaban J connectivity index is 2.10. The van der Waals surface area contributed by atoms with Gasteiger partial charge in [-0.15, -0.1) is 0 Å². The van der Waals surface area contributed by atoms with E-state index in [1.54, 1.807) is 7.05 Å². The minimum Gasteiger partial charge on any atom is -0.478 e. The Labute approximate surface area is 157 Å². The standard InChI is InChI=1S/C19H12ClFN2O4/c1-23-8-15(22-9-23)17(24)11-6-13(19(26)27)16(14(21)7-11)18(25)10-2-4-12(20)5-3-10/h2-9H,1H3,(H,26,27). The number of nitrogens with zero attached hydrogens (tertiary/aromatic N) is 2. The lowest BCUT2D eigenvalue weighted by Crippen LogP contribution is -2.15. The molecule has 2 aromatic carbocycles. The molecule has 0 bridgehead atoms. The molecule has 0 atom stereocenters. The van der Waals surface area contributed by atoms with Gasteiger partial charge in [0.25, 0.3) is 0 Å². The summed E-state index contributed by atoms with van der Waals surface area (Å²) in [7, 11) is 1.65. The number of aromatic carboxylic acids is 1. The molecule has 0 radical (unpaired) electrons. The van der Waals surface area contributed by atoms with Crippen LogP contribution in [-0.4, -0.2) is 32.2 Å². The lowest BCUT2D eigenvalue weighted by atomic mass is 9.94. The third kappa shape index (κ3) is 3.63. The van der Waals surface area contributed by atoms with Gasteiger partial charge in [0.1, 0.15) is 11.5 Å². The maximum absolute atomic E-state index is 14.7. The van der Waals surface area contributed by atoms with Crippen molar-refractivity contribution in [2.75, 3.05) is 0 Å². The average Bonchev–Trinajstić information content (AvgIpc) is 3.06. The van der Waals surface area contributed by atoms with Crippen molar-refractivity contribution in [1.82, 2.24) is 9.55 Å². The zero-order valence-corrected chi connectivity index (χ0v) is 14.7. The highest BCUT2D eigenvalue weighted by molar-refractivity contribution is 6.30. The van der Waals surface area contributed by atoms with Crippen molar-refractivity contribution in [3.05, 3.63) is 87.7 Å². The van der Waals surface area contributed by atoms with E-state index in [9.17, 15) is 23.9 Å². The van der Waals surface area contributed by atoms with Crippen molar-refractivity contribution in [2.45, 2.75) is 0 Å². The van der Waals surface area contributed by atoms with Crippen LogP contribution in [0.3, 0.4) is 0 Å². The Kier molecular flexibility index (Phi) is 4.87. The number of carbonyl (C=O) groups is 3. The highest BCUT2D eigenvalue weighted by atomic mass is 35.5. The van der Waals surface area contributed by atoms with Crippen LogP contribution in [0.15, 0.2) is 48.9 Å². The van der Waals surface area contributed by atoms with Gasteiger partial charge in [0.15, 0.2) is 5.78 Å². The van der Waals surface area contributed by atoms with Crippen LogP contribution < -0.4 is 0 Å². The molecule has 0 fully saturated rings. The van der Waals surface area contributed by atoms with Gasteiger partial charge < -0.3 is 9.67 Å². The van der Waals surface area contributed by atoms with Gasteiger partial charge in [0, 0.05) is 29.4 Å². The van der Waals surface area contributed by atoms with Gasteiger partial charge in [-0.2, -0.15) is 0 Å². The van der Waals surface area contributed by atoms with Gasteiger partial charge in [-0.05, 0) is 36.4 Å². The Bertz CT molecular complexity index is 1070. The molecule has 0 amide bonds. The average molecular weight is 387 g/mol. The second kappa shape index (κ2) is 7.13. The molecule has 0 aliphatic carbocycles. The minimum atomic E-state index is -1.53. The van der Waals surface area contributed by atoms with E-state index in [0.717, 1.165) is 12.1 Å². The normalized spacial score (nSPS) is 10.6. The second-order valence-electron chi connectivity index (χ2n) is 5.78. The maximum Gasteiger partial charge on any atom is 0.336 e. The molecule has 0 spiro atoms. The molecule has 0 saturated carbocycles. The Morgan fingerprint density at radius 1 is 1.07 bits per heavy atom. The first-order valence-electron chi connectivity index (χ1n) is 7.67. The summed E-state index contributed by atoms with van der Waals surface area (Å²) in [6, 6.07) is 7.42. The van der Waals surface area contributed by atoms with E-state index in [2.05, 4.69) is 4.98 Å². The van der Waals surface area contributed by atoms with Crippen molar-refractivity contribution in [2.24, 2.45) is 7.05 Å². The van der Waals surface area contributed by atoms with Crippen molar-refractivity contribution in [3.63, 3.8) is 0 Å². The van der Waals surface area contributed by atoms with Crippen LogP contribution in [0.4, 0.5) is 4.39 Å². The summed E-state index contributed by atoms with van der Waals surface area (Å²) in [5, 5.41) is 9.82. The molecule has 8 heteroatoms. The van der Waals surface area contributed by atoms with Crippen LogP contribution in [-0.2, 0) is 7.05 Å². The van der Waals surface area contributed by atoms with Crippen molar-refractivity contribution >= 4 is 29.1 Å². The number of halogens is 2. The topological polar surface area (TPSA) is 89.3 Å². The summed E-state index contributed by atoms with van der Waals surface area (Å²) in [6.07, 6.45) is 2.81. The Hall–Kier alpha value is -3.32. The lowest BCUT2D eigenvalue weighted by Gasteiger charge is -2.09. The number of benzene rings is 2. The molecular weight excluding hydrogens is 375 g/mol. The quantitative estimate of drug-likeness (QED) is 0.679. The van der Waals surface area contributed by atoms with Crippen LogP contribution >= 0.6 is 11.6 Å². The number of ketones is 2. The summed E-state index contributed by atoms with van der Waals surface area (Å²) in [5.41, 5.74) is -1.33.